The number of alkyl halides is 1. The minimum absolute atomic E-state index is 0.0149. The SMILES string of the molecule is O=C(N[C@H]1CCCN(c2nc(Nc3cc(C4CC4)[nH]n3)nc(N3C[C@H](F)C[C@H]3C(=O)Nc3cnccn3)n2)C1)C1CC1. The second-order valence-corrected chi connectivity index (χ2v) is 11.5. The van der Waals surface area contributed by atoms with Crippen molar-refractivity contribution in [2.75, 3.05) is 40.1 Å². The molecule has 0 radical (unpaired) electrons. The summed E-state index contributed by atoms with van der Waals surface area (Å²) in [6.45, 7) is 1.18. The van der Waals surface area contributed by atoms with Gasteiger partial charge in [-0.1, -0.05) is 0 Å². The van der Waals surface area contributed by atoms with E-state index in [-0.39, 0.29) is 48.5 Å². The number of rotatable bonds is 9. The van der Waals surface area contributed by atoms with E-state index in [0.29, 0.717) is 30.8 Å². The standard InChI is InChI=1S/C27H33FN12O2/c28-17-10-20(24(42)32-22-12-29-7-8-30-22)40(13-17)27-35-25(33-21-11-19(37-38-21)15-3-4-15)34-26(36-27)39-9-1-2-18(14-39)31-23(41)16-5-6-16/h7-8,11-12,15-18,20H,1-6,9-10,13-14H2,(H,31,41)(H,30,32,42)(H2,33,34,35,36,37,38)/t17-,18+,20+/m1/s1. The van der Waals surface area contributed by atoms with Gasteiger partial charge in [-0.3, -0.25) is 19.7 Å². The van der Waals surface area contributed by atoms with E-state index in [0.717, 1.165) is 44.2 Å². The van der Waals surface area contributed by atoms with E-state index in [1.807, 2.05) is 11.0 Å². The molecule has 2 amide bonds. The van der Waals surface area contributed by atoms with E-state index in [1.54, 1.807) is 4.90 Å². The van der Waals surface area contributed by atoms with Crippen molar-refractivity contribution in [3.8, 4) is 0 Å². The normalized spacial score (nSPS) is 24.0. The molecule has 0 spiro atoms. The molecule has 0 aromatic carbocycles. The highest BCUT2D eigenvalue weighted by atomic mass is 19.1. The lowest BCUT2D eigenvalue weighted by Crippen LogP contribution is -2.49. The Kier molecular flexibility index (Phi) is 6.99. The number of piperidine rings is 1. The Bertz CT molecular complexity index is 1450. The number of halogens is 1. The van der Waals surface area contributed by atoms with Crippen LogP contribution in [0, 0.1) is 5.92 Å². The zero-order chi connectivity index (χ0) is 28.6. The van der Waals surface area contributed by atoms with Crippen molar-refractivity contribution in [2.24, 2.45) is 5.92 Å². The molecule has 2 aliphatic heterocycles. The molecule has 0 bridgehead atoms. The number of carbonyl (C=O) groups is 2. The third kappa shape index (κ3) is 5.94. The topological polar surface area (TPSA) is 170 Å². The van der Waals surface area contributed by atoms with Crippen molar-refractivity contribution in [1.82, 2.24) is 40.4 Å². The number of hydrogen-bond acceptors (Lipinski definition) is 11. The van der Waals surface area contributed by atoms with Crippen LogP contribution in [0.2, 0.25) is 0 Å². The molecular formula is C27H33FN12O2. The number of aromatic amines is 1. The minimum Gasteiger partial charge on any atom is -0.351 e. The van der Waals surface area contributed by atoms with Crippen LogP contribution in [0.3, 0.4) is 0 Å². The lowest BCUT2D eigenvalue weighted by atomic mass is 10.1. The van der Waals surface area contributed by atoms with Crippen LogP contribution in [-0.2, 0) is 9.59 Å². The maximum absolute atomic E-state index is 14.8. The quantitative estimate of drug-likeness (QED) is 0.294. The van der Waals surface area contributed by atoms with Gasteiger partial charge in [0.2, 0.25) is 29.7 Å². The molecule has 14 nitrogen and oxygen atoms in total. The second kappa shape index (κ2) is 11.1. The van der Waals surface area contributed by atoms with Gasteiger partial charge in [-0.15, -0.1) is 0 Å². The molecule has 2 saturated carbocycles. The molecule has 4 aliphatic rings. The fraction of sp³-hybridized carbons (Fsp3) is 0.556. The Balaban J connectivity index is 1.16. The van der Waals surface area contributed by atoms with Crippen LogP contribution in [-0.4, -0.2) is 84.8 Å². The Labute approximate surface area is 241 Å². The zero-order valence-electron chi connectivity index (χ0n) is 23.0. The van der Waals surface area contributed by atoms with Gasteiger partial charge >= 0.3 is 0 Å². The summed E-state index contributed by atoms with van der Waals surface area (Å²) in [4.78, 5) is 51.4. The fourth-order valence-electron chi connectivity index (χ4n) is 5.57. The first-order chi connectivity index (χ1) is 20.5. The molecule has 3 atom stereocenters. The van der Waals surface area contributed by atoms with Crippen LogP contribution in [0.4, 0.5) is 33.9 Å². The molecule has 42 heavy (non-hydrogen) atoms. The second-order valence-electron chi connectivity index (χ2n) is 11.5. The Morgan fingerprint density at radius 2 is 1.83 bits per heavy atom. The third-order valence-electron chi connectivity index (χ3n) is 8.09. The predicted octanol–water partition coefficient (Wildman–Crippen LogP) is 2.06. The summed E-state index contributed by atoms with van der Waals surface area (Å²) in [7, 11) is 0. The van der Waals surface area contributed by atoms with Gasteiger partial charge in [0.25, 0.3) is 0 Å². The van der Waals surface area contributed by atoms with Crippen molar-refractivity contribution in [1.29, 1.82) is 0 Å². The summed E-state index contributed by atoms with van der Waals surface area (Å²) in [6.07, 6.45) is 9.02. The summed E-state index contributed by atoms with van der Waals surface area (Å²) in [5.74, 6) is 1.96. The first-order valence-corrected chi connectivity index (χ1v) is 14.6. The van der Waals surface area contributed by atoms with Gasteiger partial charge in [-0.25, -0.2) is 9.37 Å². The van der Waals surface area contributed by atoms with Crippen LogP contribution < -0.4 is 25.8 Å². The predicted molar refractivity (Wildman–Crippen MR) is 151 cm³/mol. The number of aromatic nitrogens is 7. The largest absolute Gasteiger partial charge is 0.351 e. The number of H-pyrrole nitrogens is 1. The lowest BCUT2D eigenvalue weighted by Gasteiger charge is -2.34. The zero-order valence-corrected chi connectivity index (χ0v) is 23.0. The number of amides is 2. The van der Waals surface area contributed by atoms with E-state index < -0.39 is 18.1 Å². The molecule has 2 saturated heterocycles. The van der Waals surface area contributed by atoms with Crippen LogP contribution >= 0.6 is 0 Å². The molecule has 220 valence electrons. The highest BCUT2D eigenvalue weighted by Gasteiger charge is 2.40. The fourth-order valence-corrected chi connectivity index (χ4v) is 5.57. The average molecular weight is 577 g/mol. The molecule has 5 heterocycles. The lowest BCUT2D eigenvalue weighted by molar-refractivity contribution is -0.123. The number of carbonyl (C=O) groups excluding carboxylic acids is 2. The smallest absolute Gasteiger partial charge is 0.248 e. The average Bonchev–Trinajstić information content (AvgIpc) is 3.93. The van der Waals surface area contributed by atoms with Crippen molar-refractivity contribution in [2.45, 2.75) is 69.1 Å². The van der Waals surface area contributed by atoms with E-state index in [2.05, 4.69) is 41.1 Å². The number of nitrogens with zero attached hydrogens (tertiary/aromatic N) is 8. The molecule has 0 unspecified atom stereocenters. The van der Waals surface area contributed by atoms with Gasteiger partial charge in [0.1, 0.15) is 12.2 Å². The summed E-state index contributed by atoms with van der Waals surface area (Å²) in [5.41, 5.74) is 1.05. The third-order valence-corrected chi connectivity index (χ3v) is 8.09. The van der Waals surface area contributed by atoms with Gasteiger partial charge in [0.05, 0.1) is 12.7 Å². The number of anilines is 5. The Morgan fingerprint density at radius 1 is 0.976 bits per heavy atom. The van der Waals surface area contributed by atoms with E-state index in [1.165, 1.54) is 18.6 Å². The van der Waals surface area contributed by atoms with Crippen LogP contribution in [0.1, 0.15) is 56.6 Å². The van der Waals surface area contributed by atoms with E-state index in [9.17, 15) is 14.0 Å². The van der Waals surface area contributed by atoms with Crippen molar-refractivity contribution in [3.05, 3.63) is 30.4 Å². The first kappa shape index (κ1) is 26.5. The van der Waals surface area contributed by atoms with Crippen molar-refractivity contribution in [3.63, 3.8) is 0 Å². The Morgan fingerprint density at radius 3 is 2.62 bits per heavy atom. The highest BCUT2D eigenvalue weighted by Crippen LogP contribution is 2.39. The summed E-state index contributed by atoms with van der Waals surface area (Å²) >= 11 is 0. The van der Waals surface area contributed by atoms with Gasteiger partial charge in [-0.2, -0.15) is 20.1 Å². The maximum Gasteiger partial charge on any atom is 0.248 e. The van der Waals surface area contributed by atoms with Crippen LogP contribution in [0.25, 0.3) is 0 Å². The van der Waals surface area contributed by atoms with Gasteiger partial charge in [-0.05, 0) is 38.5 Å². The summed E-state index contributed by atoms with van der Waals surface area (Å²) < 4.78 is 14.8. The van der Waals surface area contributed by atoms with Crippen molar-refractivity contribution >= 4 is 41.3 Å². The number of nitrogens with one attached hydrogen (secondary N) is 4. The highest BCUT2D eigenvalue weighted by molar-refractivity contribution is 5.96. The van der Waals surface area contributed by atoms with Gasteiger partial charge < -0.3 is 25.8 Å². The molecule has 4 N–H and O–H groups in total. The monoisotopic (exact) mass is 576 g/mol. The van der Waals surface area contributed by atoms with Crippen molar-refractivity contribution < 1.29 is 14.0 Å². The molecule has 7 rings (SSSR count). The minimum atomic E-state index is -1.25. The van der Waals surface area contributed by atoms with Gasteiger partial charge in [0, 0.05) is 61.5 Å². The summed E-state index contributed by atoms with van der Waals surface area (Å²) in [5, 5.41) is 16.5. The van der Waals surface area contributed by atoms with E-state index >= 15 is 0 Å². The summed E-state index contributed by atoms with van der Waals surface area (Å²) in [6, 6.07) is 1.06. The molecular weight excluding hydrogens is 543 g/mol. The number of hydrogen-bond donors (Lipinski definition) is 4. The molecule has 3 aromatic rings. The van der Waals surface area contributed by atoms with E-state index in [4.69, 9.17) is 9.97 Å². The van der Waals surface area contributed by atoms with Crippen LogP contribution in [0.15, 0.2) is 24.7 Å². The first-order valence-electron chi connectivity index (χ1n) is 14.6. The molecule has 3 aromatic heterocycles. The molecule has 2 aliphatic carbocycles. The van der Waals surface area contributed by atoms with Crippen LogP contribution in [0.5, 0.6) is 0 Å². The molecule has 4 fully saturated rings. The maximum atomic E-state index is 14.8. The van der Waals surface area contributed by atoms with Gasteiger partial charge in [0.15, 0.2) is 11.6 Å². The molecule has 15 heteroatoms. The Hall–Kier alpha value is -4.43.